The predicted octanol–water partition coefficient (Wildman–Crippen LogP) is 8.01. The second kappa shape index (κ2) is 15.9. The Balaban J connectivity index is -0.000000461. The van der Waals surface area contributed by atoms with Crippen molar-refractivity contribution in [3.05, 3.63) is 77.4 Å². The number of hydrogen-bond donors (Lipinski definition) is 0. The number of benzene rings is 2. The molecule has 0 N–H and O–H groups in total. The number of rotatable bonds is 4. The van der Waals surface area contributed by atoms with Crippen LogP contribution in [-0.4, -0.2) is 16.5 Å². The molecule has 9 heteroatoms. The van der Waals surface area contributed by atoms with Gasteiger partial charge in [0, 0.05) is 0 Å². The van der Waals surface area contributed by atoms with Crippen molar-refractivity contribution in [2.45, 2.75) is 80.8 Å². The average molecular weight is 529 g/mol. The molecule has 0 saturated carbocycles. The SMILES string of the molecule is Cc1cc(C)c([N-][Si](C)(C)C)c(C)c1.Cc1cc(C)c([N-][Si](C)(C)C)c(C)c1.[Fe+2].[N]=O.[N]=O. The van der Waals surface area contributed by atoms with Gasteiger partial charge in [-0.25, -0.2) is 0 Å². The predicted molar refractivity (Wildman–Crippen MR) is 145 cm³/mol. The van der Waals surface area contributed by atoms with Gasteiger partial charge < -0.3 is 9.96 Å². The van der Waals surface area contributed by atoms with Gasteiger partial charge in [0.1, 0.15) is 11.2 Å². The summed E-state index contributed by atoms with van der Waals surface area (Å²) in [5.41, 5.74) is 21.8. The van der Waals surface area contributed by atoms with Gasteiger partial charge in [-0.1, -0.05) is 96.9 Å². The van der Waals surface area contributed by atoms with Crippen LogP contribution in [0.1, 0.15) is 33.4 Å². The maximum Gasteiger partial charge on any atom is 2.00 e. The van der Waals surface area contributed by atoms with Crippen molar-refractivity contribution in [1.82, 2.24) is 11.2 Å². The van der Waals surface area contributed by atoms with E-state index in [4.69, 9.17) is 31.0 Å². The van der Waals surface area contributed by atoms with E-state index in [1.807, 2.05) is 0 Å². The summed E-state index contributed by atoms with van der Waals surface area (Å²) in [6.45, 7) is 26.5. The third-order valence-corrected chi connectivity index (χ3v) is 5.95. The Kier molecular flexibility index (Phi) is 17.3. The Bertz CT molecular complexity index is 749. The van der Waals surface area contributed by atoms with E-state index in [1.54, 1.807) is 0 Å². The van der Waals surface area contributed by atoms with Crippen molar-refractivity contribution in [3.8, 4) is 0 Å². The molecule has 0 saturated heterocycles. The van der Waals surface area contributed by atoms with Crippen LogP contribution in [0, 0.1) is 51.4 Å². The summed E-state index contributed by atoms with van der Waals surface area (Å²) in [6, 6.07) is 8.86. The molecular formula is C24H40FeN4O2Si2. The minimum atomic E-state index is -1.35. The van der Waals surface area contributed by atoms with E-state index in [0.29, 0.717) is 0 Å². The van der Waals surface area contributed by atoms with Gasteiger partial charge in [0.2, 0.25) is 0 Å². The van der Waals surface area contributed by atoms with Crippen LogP contribution in [0.3, 0.4) is 0 Å². The fourth-order valence-corrected chi connectivity index (χ4v) is 5.42. The number of aryl methyl sites for hydroxylation is 6. The van der Waals surface area contributed by atoms with Crippen LogP contribution in [0.2, 0.25) is 39.3 Å². The molecule has 2 aromatic rings. The molecule has 0 aliphatic rings. The van der Waals surface area contributed by atoms with Crippen LogP contribution in [0.15, 0.2) is 24.3 Å². The van der Waals surface area contributed by atoms with E-state index >= 15 is 0 Å². The van der Waals surface area contributed by atoms with E-state index in [0.717, 1.165) is 0 Å². The molecule has 0 unspecified atom stereocenters. The van der Waals surface area contributed by atoms with E-state index in [-0.39, 0.29) is 17.1 Å². The summed E-state index contributed by atoms with van der Waals surface area (Å²) in [7, 11) is -2.71. The third-order valence-electron chi connectivity index (χ3n) is 4.17. The van der Waals surface area contributed by atoms with E-state index < -0.39 is 16.5 Å². The zero-order valence-electron chi connectivity index (χ0n) is 22.3. The summed E-state index contributed by atoms with van der Waals surface area (Å²) < 4.78 is 0. The Morgan fingerprint density at radius 1 is 0.515 bits per heavy atom. The zero-order chi connectivity index (χ0) is 25.9. The normalized spacial score (nSPS) is 10.1. The maximum absolute atomic E-state index is 7.25. The number of nitroso groups, excluding NO2 is 2. The molecular weight excluding hydrogens is 488 g/mol. The second-order valence-electron chi connectivity index (χ2n) is 10.1. The van der Waals surface area contributed by atoms with Crippen LogP contribution in [0.5, 0.6) is 0 Å². The summed E-state index contributed by atoms with van der Waals surface area (Å²) in [4.78, 5) is 24.2. The van der Waals surface area contributed by atoms with Gasteiger partial charge in [0.05, 0.1) is 0 Å². The first-order valence-electron chi connectivity index (χ1n) is 10.6. The van der Waals surface area contributed by atoms with Gasteiger partial charge in [-0.05, 0) is 58.0 Å². The van der Waals surface area contributed by atoms with Gasteiger partial charge in [-0.3, -0.25) is 0 Å². The molecule has 0 amide bonds. The van der Waals surface area contributed by atoms with Crippen molar-refractivity contribution in [3.63, 3.8) is 0 Å². The fraction of sp³-hybridized carbons (Fsp3) is 0.500. The molecule has 184 valence electrons. The first kappa shape index (κ1) is 35.8. The molecule has 0 fully saturated rings. The molecule has 33 heavy (non-hydrogen) atoms. The van der Waals surface area contributed by atoms with Crippen molar-refractivity contribution < 1.29 is 17.1 Å². The smallest absolute Gasteiger partial charge is 0.687 e. The Labute approximate surface area is 213 Å². The van der Waals surface area contributed by atoms with Gasteiger partial charge in [0.25, 0.3) is 0 Å². The van der Waals surface area contributed by atoms with E-state index in [9.17, 15) is 0 Å². The van der Waals surface area contributed by atoms with Gasteiger partial charge in [-0.2, -0.15) is 0 Å². The molecule has 2 aromatic carbocycles. The minimum Gasteiger partial charge on any atom is -0.687 e. The third kappa shape index (κ3) is 14.9. The Hall–Kier alpha value is -1.81. The van der Waals surface area contributed by atoms with E-state index in [2.05, 4.69) is 105 Å². The molecule has 0 aliphatic heterocycles. The van der Waals surface area contributed by atoms with Gasteiger partial charge in [-0.15, -0.1) is 21.2 Å². The largest absolute Gasteiger partial charge is 2.00 e. The topological polar surface area (TPSA) is 107 Å². The van der Waals surface area contributed by atoms with Crippen LogP contribution in [0.4, 0.5) is 11.4 Å². The summed E-state index contributed by atoms with van der Waals surface area (Å²) in [6.07, 6.45) is 0. The number of nitrogens with zero attached hydrogens (tertiary/aromatic N) is 4. The summed E-state index contributed by atoms with van der Waals surface area (Å²) >= 11 is 0. The molecule has 6 nitrogen and oxygen atoms in total. The molecule has 0 bridgehead atoms. The van der Waals surface area contributed by atoms with Crippen molar-refractivity contribution in [2.24, 2.45) is 0 Å². The fourth-order valence-electron chi connectivity index (χ4n) is 3.37. The standard InChI is InChI=1S/2C12H20NSi.Fe.2NO/c2*1-9-7-10(2)12(11(3)8-9)13-14(4,5)6;;2*1-2/h2*7-8H,1-6H3;;;/q2*-1;+2;;. The Morgan fingerprint density at radius 3 is 0.848 bits per heavy atom. The molecule has 0 atom stereocenters. The molecule has 0 heterocycles. The van der Waals surface area contributed by atoms with Crippen LogP contribution in [0.25, 0.3) is 9.96 Å². The first-order chi connectivity index (χ1) is 14.6. The van der Waals surface area contributed by atoms with Crippen molar-refractivity contribution >= 4 is 27.8 Å². The Morgan fingerprint density at radius 2 is 0.697 bits per heavy atom. The van der Waals surface area contributed by atoms with Gasteiger partial charge in [0.15, 0.2) is 0 Å². The van der Waals surface area contributed by atoms with Crippen LogP contribution < -0.4 is 11.2 Å². The monoisotopic (exact) mass is 528 g/mol. The van der Waals surface area contributed by atoms with Crippen molar-refractivity contribution in [2.75, 3.05) is 0 Å². The first-order valence-corrected chi connectivity index (χ1v) is 17.5. The van der Waals surface area contributed by atoms with Crippen molar-refractivity contribution in [1.29, 1.82) is 0 Å². The quantitative estimate of drug-likeness (QED) is 0.375. The maximum atomic E-state index is 7.25. The molecule has 2 rings (SSSR count). The molecule has 2 radical (unpaired) electrons. The average Bonchev–Trinajstić information content (AvgIpc) is 2.64. The summed E-state index contributed by atoms with van der Waals surface area (Å²) in [5, 5.41) is 0. The van der Waals surface area contributed by atoms with Crippen LogP contribution >= 0.6 is 0 Å². The molecule has 0 spiro atoms. The second-order valence-corrected chi connectivity index (χ2v) is 19.2. The molecule has 0 aliphatic carbocycles. The zero-order valence-corrected chi connectivity index (χ0v) is 25.4. The summed E-state index contributed by atoms with van der Waals surface area (Å²) in [5.74, 6) is 0. The number of hydrogen-bond acceptors (Lipinski definition) is 2. The minimum absolute atomic E-state index is 0. The van der Waals surface area contributed by atoms with E-state index in [1.165, 1.54) is 44.8 Å². The van der Waals surface area contributed by atoms with Crippen LogP contribution in [-0.2, 0) is 17.1 Å². The molecule has 0 aromatic heterocycles. The van der Waals surface area contributed by atoms with Gasteiger partial charge >= 0.3 is 17.1 Å².